The van der Waals surface area contributed by atoms with Gasteiger partial charge >= 0.3 is 0 Å². The van der Waals surface area contributed by atoms with Crippen LogP contribution < -0.4 is 0 Å². The van der Waals surface area contributed by atoms with E-state index in [1.54, 1.807) is 0 Å². The SMILES string of the molecule is c1ccc(-c2ccc(-c3cc(-c4ccccc4)nc(-c4ccc(-c5nc6ccccc6c6sc7ccccc7c56)cc4)n3)cc2)cc1. The van der Waals surface area contributed by atoms with Gasteiger partial charge in [-0.3, -0.25) is 0 Å². The molecule has 0 bridgehead atoms. The van der Waals surface area contributed by atoms with Crippen LogP contribution in [-0.2, 0) is 0 Å². The fourth-order valence-corrected chi connectivity index (χ4v) is 7.58. The first-order chi connectivity index (χ1) is 23.3. The zero-order valence-electron chi connectivity index (χ0n) is 25.3. The van der Waals surface area contributed by atoms with E-state index in [0.717, 1.165) is 44.9 Å². The first-order valence-electron chi connectivity index (χ1n) is 15.7. The topological polar surface area (TPSA) is 38.7 Å². The molecule has 0 fully saturated rings. The van der Waals surface area contributed by atoms with E-state index in [2.05, 4.69) is 140 Å². The van der Waals surface area contributed by atoms with Crippen molar-refractivity contribution in [3.8, 4) is 56.3 Å². The third-order valence-electron chi connectivity index (χ3n) is 8.71. The van der Waals surface area contributed by atoms with Crippen molar-refractivity contribution in [2.24, 2.45) is 0 Å². The van der Waals surface area contributed by atoms with Gasteiger partial charge in [0.25, 0.3) is 0 Å². The average molecular weight is 618 g/mol. The van der Waals surface area contributed by atoms with Crippen molar-refractivity contribution in [2.45, 2.75) is 0 Å². The van der Waals surface area contributed by atoms with Crippen LogP contribution >= 0.6 is 11.3 Å². The molecule has 9 rings (SSSR count). The summed E-state index contributed by atoms with van der Waals surface area (Å²) in [5.74, 6) is 0.692. The lowest BCUT2D eigenvalue weighted by Crippen LogP contribution is -1.96. The molecule has 3 aromatic heterocycles. The van der Waals surface area contributed by atoms with Gasteiger partial charge in [0.2, 0.25) is 0 Å². The molecule has 0 atom stereocenters. The molecule has 4 heteroatoms. The van der Waals surface area contributed by atoms with Gasteiger partial charge in [-0.15, -0.1) is 11.3 Å². The monoisotopic (exact) mass is 617 g/mol. The summed E-state index contributed by atoms with van der Waals surface area (Å²) in [6.45, 7) is 0. The average Bonchev–Trinajstić information content (AvgIpc) is 3.55. The molecule has 0 saturated heterocycles. The molecule has 0 amide bonds. The fourth-order valence-electron chi connectivity index (χ4n) is 6.34. The summed E-state index contributed by atoms with van der Waals surface area (Å²) in [4.78, 5) is 15.4. The van der Waals surface area contributed by atoms with E-state index in [-0.39, 0.29) is 0 Å². The number of rotatable bonds is 5. The summed E-state index contributed by atoms with van der Waals surface area (Å²) in [5, 5.41) is 3.65. The summed E-state index contributed by atoms with van der Waals surface area (Å²) in [6, 6.07) is 57.1. The number of thiophene rings is 1. The predicted octanol–water partition coefficient (Wildman–Crippen LogP) is 11.7. The Morgan fingerprint density at radius 3 is 1.62 bits per heavy atom. The van der Waals surface area contributed by atoms with Gasteiger partial charge in [0.15, 0.2) is 5.82 Å². The highest BCUT2D eigenvalue weighted by atomic mass is 32.1. The van der Waals surface area contributed by atoms with Gasteiger partial charge in [0, 0.05) is 47.8 Å². The summed E-state index contributed by atoms with van der Waals surface area (Å²) in [7, 11) is 0. The Morgan fingerprint density at radius 1 is 0.383 bits per heavy atom. The van der Waals surface area contributed by atoms with Crippen molar-refractivity contribution in [3.63, 3.8) is 0 Å². The molecule has 0 aliphatic carbocycles. The van der Waals surface area contributed by atoms with Gasteiger partial charge in [-0.2, -0.15) is 0 Å². The standard InChI is InChI=1S/C43H27N3S/c1-3-11-28(12-4-1)29-19-21-31(22-20-29)38-27-37(30-13-5-2-6-14-30)45-43(46-38)33-25-23-32(24-26-33)41-40-35-16-8-10-18-39(35)47-42(40)34-15-7-9-17-36(34)44-41/h1-27H. The van der Waals surface area contributed by atoms with Gasteiger partial charge in [0.1, 0.15) is 0 Å². The zero-order valence-corrected chi connectivity index (χ0v) is 26.2. The van der Waals surface area contributed by atoms with Gasteiger partial charge < -0.3 is 0 Å². The lowest BCUT2D eigenvalue weighted by molar-refractivity contribution is 1.18. The first kappa shape index (κ1) is 27.3. The maximum Gasteiger partial charge on any atom is 0.160 e. The van der Waals surface area contributed by atoms with Crippen LogP contribution in [0.15, 0.2) is 164 Å². The maximum absolute atomic E-state index is 5.21. The second-order valence-corrected chi connectivity index (χ2v) is 12.7. The highest BCUT2D eigenvalue weighted by Crippen LogP contribution is 2.43. The minimum atomic E-state index is 0.692. The maximum atomic E-state index is 5.21. The second kappa shape index (κ2) is 11.4. The van der Waals surface area contributed by atoms with E-state index < -0.39 is 0 Å². The fraction of sp³-hybridized carbons (Fsp3) is 0. The molecule has 47 heavy (non-hydrogen) atoms. The summed E-state index contributed by atoms with van der Waals surface area (Å²) in [6.07, 6.45) is 0. The van der Waals surface area contributed by atoms with E-state index in [0.29, 0.717) is 5.82 Å². The Bertz CT molecular complexity index is 2540. The number of hydrogen-bond acceptors (Lipinski definition) is 4. The lowest BCUT2D eigenvalue weighted by atomic mass is 10.0. The molecular weight excluding hydrogens is 591 g/mol. The Labute approximate surface area is 276 Å². The summed E-state index contributed by atoms with van der Waals surface area (Å²) >= 11 is 1.84. The van der Waals surface area contributed by atoms with Gasteiger partial charge in [-0.1, -0.05) is 146 Å². The molecule has 220 valence electrons. The van der Waals surface area contributed by atoms with E-state index in [9.17, 15) is 0 Å². The van der Waals surface area contributed by atoms with Crippen molar-refractivity contribution in [1.29, 1.82) is 0 Å². The number of pyridine rings is 1. The first-order valence-corrected chi connectivity index (χ1v) is 16.5. The largest absolute Gasteiger partial charge is 0.247 e. The van der Waals surface area contributed by atoms with Crippen LogP contribution in [0.25, 0.3) is 87.4 Å². The number of para-hydroxylation sites is 1. The highest BCUT2D eigenvalue weighted by Gasteiger charge is 2.17. The molecular formula is C43H27N3S. The quantitative estimate of drug-likeness (QED) is 0.193. The molecule has 3 nitrogen and oxygen atoms in total. The molecule has 3 heterocycles. The van der Waals surface area contributed by atoms with Crippen molar-refractivity contribution in [3.05, 3.63) is 164 Å². The Morgan fingerprint density at radius 2 is 0.894 bits per heavy atom. The molecule has 0 spiro atoms. The molecule has 0 aliphatic heterocycles. The second-order valence-electron chi connectivity index (χ2n) is 11.6. The number of hydrogen-bond donors (Lipinski definition) is 0. The Hall–Kier alpha value is -5.97. The molecule has 0 saturated carbocycles. The van der Waals surface area contributed by atoms with Crippen molar-refractivity contribution >= 4 is 42.4 Å². The molecule has 9 aromatic rings. The lowest BCUT2D eigenvalue weighted by Gasteiger charge is -2.11. The van der Waals surface area contributed by atoms with Crippen LogP contribution in [0.3, 0.4) is 0 Å². The van der Waals surface area contributed by atoms with Crippen molar-refractivity contribution in [2.75, 3.05) is 0 Å². The van der Waals surface area contributed by atoms with E-state index in [4.69, 9.17) is 15.0 Å². The normalized spacial score (nSPS) is 11.4. The van der Waals surface area contributed by atoms with Crippen molar-refractivity contribution in [1.82, 2.24) is 15.0 Å². The molecule has 0 unspecified atom stereocenters. The van der Waals surface area contributed by atoms with Crippen LogP contribution in [0, 0.1) is 0 Å². The molecule has 0 N–H and O–H groups in total. The van der Waals surface area contributed by atoms with Gasteiger partial charge in [-0.25, -0.2) is 15.0 Å². The predicted molar refractivity (Wildman–Crippen MR) is 197 cm³/mol. The smallest absolute Gasteiger partial charge is 0.160 e. The Kier molecular flexibility index (Phi) is 6.65. The minimum absolute atomic E-state index is 0.692. The molecule has 0 aliphatic rings. The van der Waals surface area contributed by atoms with Gasteiger partial charge in [-0.05, 0) is 29.3 Å². The zero-order chi connectivity index (χ0) is 31.2. The number of nitrogens with zero attached hydrogens (tertiary/aromatic N) is 3. The summed E-state index contributed by atoms with van der Waals surface area (Å²) in [5.41, 5.74) is 10.3. The van der Waals surface area contributed by atoms with Crippen molar-refractivity contribution < 1.29 is 0 Å². The third-order valence-corrected chi connectivity index (χ3v) is 9.92. The van der Waals surface area contributed by atoms with Crippen LogP contribution in [0.4, 0.5) is 0 Å². The highest BCUT2D eigenvalue weighted by molar-refractivity contribution is 7.26. The number of aromatic nitrogens is 3. The number of benzene rings is 6. The van der Waals surface area contributed by atoms with Crippen LogP contribution in [0.5, 0.6) is 0 Å². The third kappa shape index (κ3) is 4.96. The van der Waals surface area contributed by atoms with E-state index >= 15 is 0 Å². The molecule has 0 radical (unpaired) electrons. The van der Waals surface area contributed by atoms with E-state index in [1.165, 1.54) is 36.7 Å². The van der Waals surface area contributed by atoms with Crippen LogP contribution in [0.1, 0.15) is 0 Å². The number of fused-ring (bicyclic) bond motifs is 5. The minimum Gasteiger partial charge on any atom is -0.247 e. The van der Waals surface area contributed by atoms with E-state index in [1.807, 2.05) is 35.6 Å². The van der Waals surface area contributed by atoms with Crippen LogP contribution in [-0.4, -0.2) is 15.0 Å². The molecule has 6 aromatic carbocycles. The summed E-state index contributed by atoms with van der Waals surface area (Å²) < 4.78 is 2.55. The van der Waals surface area contributed by atoms with Crippen LogP contribution in [0.2, 0.25) is 0 Å². The Balaban J connectivity index is 1.16. The van der Waals surface area contributed by atoms with Gasteiger partial charge in [0.05, 0.1) is 22.6 Å².